The average molecular weight is 363 g/mol. The van der Waals surface area contributed by atoms with Gasteiger partial charge in [-0.3, -0.25) is 9.59 Å². The van der Waals surface area contributed by atoms with Crippen LogP contribution in [0, 0.1) is 11.7 Å². The first kappa shape index (κ1) is 18.8. The van der Waals surface area contributed by atoms with E-state index >= 15 is 0 Å². The van der Waals surface area contributed by atoms with Crippen LogP contribution >= 0.6 is 0 Å². The van der Waals surface area contributed by atoms with Gasteiger partial charge in [-0.05, 0) is 62.6 Å². The minimum atomic E-state index is -0.847. The van der Waals surface area contributed by atoms with Gasteiger partial charge in [0.2, 0.25) is 0 Å². The summed E-state index contributed by atoms with van der Waals surface area (Å²) in [6.45, 7) is 1.43. The first-order chi connectivity index (χ1) is 12.5. The van der Waals surface area contributed by atoms with Crippen molar-refractivity contribution in [3.63, 3.8) is 0 Å². The molecule has 1 saturated carbocycles. The molecule has 2 aliphatic rings. The van der Waals surface area contributed by atoms with Gasteiger partial charge in [-0.2, -0.15) is 0 Å². The van der Waals surface area contributed by atoms with Gasteiger partial charge in [0.25, 0.3) is 5.91 Å². The highest BCUT2D eigenvalue weighted by Crippen LogP contribution is 2.29. The highest BCUT2D eigenvalue weighted by atomic mass is 19.1. The van der Waals surface area contributed by atoms with Gasteiger partial charge in [0.15, 0.2) is 0 Å². The summed E-state index contributed by atoms with van der Waals surface area (Å²) in [5.74, 6) is -0.756. The van der Waals surface area contributed by atoms with Crippen LogP contribution in [0.4, 0.5) is 4.39 Å². The smallest absolute Gasteiger partial charge is 0.303 e. The van der Waals surface area contributed by atoms with Crippen LogP contribution in [0.15, 0.2) is 18.2 Å². The number of benzene rings is 1. The molecule has 0 spiro atoms. The molecule has 0 radical (unpaired) electrons. The molecule has 1 atom stereocenters. The Kier molecular flexibility index (Phi) is 6.25. The van der Waals surface area contributed by atoms with Crippen LogP contribution in [0.2, 0.25) is 0 Å². The number of carbonyl (C=O) groups excluding carboxylic acids is 1. The molecule has 6 heteroatoms. The molecule has 1 amide bonds. The minimum Gasteiger partial charge on any atom is -0.481 e. The molecule has 3 rings (SSSR count). The van der Waals surface area contributed by atoms with E-state index in [0.29, 0.717) is 36.6 Å². The molecule has 1 aliphatic heterocycles. The third-order valence-electron chi connectivity index (χ3n) is 5.18. The molecule has 1 aromatic rings. The molecule has 1 saturated heterocycles. The third kappa shape index (κ3) is 5.04. The fourth-order valence-electron chi connectivity index (χ4n) is 3.46. The average Bonchev–Trinajstić information content (AvgIpc) is 3.45. The van der Waals surface area contributed by atoms with Crippen molar-refractivity contribution in [3.8, 4) is 0 Å². The fourth-order valence-corrected chi connectivity index (χ4v) is 3.46. The lowest BCUT2D eigenvalue weighted by Gasteiger charge is -2.35. The van der Waals surface area contributed by atoms with E-state index in [1.807, 2.05) is 0 Å². The number of likely N-dealkylation sites (tertiary alicyclic amines) is 1. The molecule has 1 aromatic carbocycles. The van der Waals surface area contributed by atoms with E-state index < -0.39 is 5.97 Å². The number of rotatable bonds is 8. The number of carboxylic acids is 1. The second-order valence-electron chi connectivity index (χ2n) is 7.35. The topological polar surface area (TPSA) is 66.8 Å². The number of nitrogens with zero attached hydrogens (tertiary/aromatic N) is 1. The summed E-state index contributed by atoms with van der Waals surface area (Å²) in [6, 6.07) is 4.34. The van der Waals surface area contributed by atoms with Crippen molar-refractivity contribution in [1.29, 1.82) is 0 Å². The second-order valence-corrected chi connectivity index (χ2v) is 7.35. The van der Waals surface area contributed by atoms with E-state index in [1.54, 1.807) is 11.0 Å². The van der Waals surface area contributed by atoms with Gasteiger partial charge in [-0.1, -0.05) is 0 Å². The van der Waals surface area contributed by atoms with Crippen LogP contribution in [0.3, 0.4) is 0 Å². The molecule has 26 heavy (non-hydrogen) atoms. The zero-order valence-corrected chi connectivity index (χ0v) is 15.0. The summed E-state index contributed by atoms with van der Waals surface area (Å²) in [5, 5.41) is 8.92. The Balaban J connectivity index is 1.67. The van der Waals surface area contributed by atoms with Crippen molar-refractivity contribution in [3.05, 3.63) is 35.1 Å². The maximum atomic E-state index is 14.0. The lowest BCUT2D eigenvalue weighted by Crippen LogP contribution is -2.44. The molecule has 1 N–H and O–H groups in total. The molecular formula is C20H26FNO4. The predicted molar refractivity (Wildman–Crippen MR) is 94.3 cm³/mol. The Bertz CT molecular complexity index is 659. The zero-order chi connectivity index (χ0) is 18.5. The Morgan fingerprint density at radius 2 is 2.04 bits per heavy atom. The largest absolute Gasteiger partial charge is 0.481 e. The van der Waals surface area contributed by atoms with Crippen molar-refractivity contribution < 1.29 is 23.8 Å². The van der Waals surface area contributed by atoms with Crippen LogP contribution in [0.5, 0.6) is 0 Å². The van der Waals surface area contributed by atoms with Gasteiger partial charge in [0.1, 0.15) is 5.82 Å². The van der Waals surface area contributed by atoms with E-state index in [9.17, 15) is 14.0 Å². The molecule has 142 valence electrons. The number of aliphatic carboxylic acids is 1. The van der Waals surface area contributed by atoms with Gasteiger partial charge in [-0.25, -0.2) is 4.39 Å². The molecule has 1 unspecified atom stereocenters. The highest BCUT2D eigenvalue weighted by molar-refractivity contribution is 5.94. The van der Waals surface area contributed by atoms with E-state index in [4.69, 9.17) is 9.84 Å². The SMILES string of the molecule is O=C(O)CCC1CCCCN1C(=O)c1ccc(F)c(COCC2CC2)c1. The van der Waals surface area contributed by atoms with E-state index in [2.05, 4.69) is 0 Å². The zero-order valence-electron chi connectivity index (χ0n) is 15.0. The molecule has 1 heterocycles. The molecule has 5 nitrogen and oxygen atoms in total. The Morgan fingerprint density at radius 3 is 2.77 bits per heavy atom. The molecule has 2 fully saturated rings. The maximum absolute atomic E-state index is 14.0. The lowest BCUT2D eigenvalue weighted by molar-refractivity contribution is -0.137. The number of amides is 1. The number of ether oxygens (including phenoxy) is 1. The summed E-state index contributed by atoms with van der Waals surface area (Å²) >= 11 is 0. The van der Waals surface area contributed by atoms with Gasteiger partial charge >= 0.3 is 5.97 Å². The van der Waals surface area contributed by atoms with Crippen molar-refractivity contribution in [1.82, 2.24) is 4.90 Å². The minimum absolute atomic E-state index is 0.0537. The lowest BCUT2D eigenvalue weighted by atomic mass is 9.96. The van der Waals surface area contributed by atoms with Gasteiger partial charge in [0, 0.05) is 36.7 Å². The van der Waals surface area contributed by atoms with Crippen molar-refractivity contribution in [2.24, 2.45) is 5.92 Å². The second kappa shape index (κ2) is 8.62. The number of carboxylic acid groups (broad SMARTS) is 1. The van der Waals surface area contributed by atoms with Gasteiger partial charge < -0.3 is 14.7 Å². The van der Waals surface area contributed by atoms with Crippen molar-refractivity contribution in [2.45, 2.75) is 57.6 Å². The Labute approximate surface area is 153 Å². The molecule has 1 aliphatic carbocycles. The first-order valence-electron chi connectivity index (χ1n) is 9.43. The van der Waals surface area contributed by atoms with Crippen molar-refractivity contribution in [2.75, 3.05) is 13.2 Å². The molecule has 0 bridgehead atoms. The maximum Gasteiger partial charge on any atom is 0.303 e. The third-order valence-corrected chi connectivity index (χ3v) is 5.18. The van der Waals surface area contributed by atoms with Gasteiger partial charge in [-0.15, -0.1) is 0 Å². The summed E-state index contributed by atoms with van der Waals surface area (Å²) < 4.78 is 19.6. The predicted octanol–water partition coefficient (Wildman–Crippen LogP) is 3.61. The van der Waals surface area contributed by atoms with Crippen LogP contribution in [0.25, 0.3) is 0 Å². The summed E-state index contributed by atoms with van der Waals surface area (Å²) in [5.41, 5.74) is 0.842. The van der Waals surface area contributed by atoms with E-state index in [0.717, 1.165) is 19.3 Å². The van der Waals surface area contributed by atoms with Crippen LogP contribution in [-0.4, -0.2) is 41.1 Å². The summed E-state index contributed by atoms with van der Waals surface area (Å²) in [7, 11) is 0. The number of carbonyl (C=O) groups is 2. The summed E-state index contributed by atoms with van der Waals surface area (Å²) in [4.78, 5) is 25.5. The molecular weight excluding hydrogens is 337 g/mol. The summed E-state index contributed by atoms with van der Waals surface area (Å²) in [6.07, 6.45) is 5.59. The fraction of sp³-hybridized carbons (Fsp3) is 0.600. The number of hydrogen-bond donors (Lipinski definition) is 1. The van der Waals surface area contributed by atoms with E-state index in [-0.39, 0.29) is 30.8 Å². The van der Waals surface area contributed by atoms with Crippen LogP contribution in [-0.2, 0) is 16.1 Å². The molecule has 0 aromatic heterocycles. The Hall–Kier alpha value is -1.95. The van der Waals surface area contributed by atoms with Crippen LogP contribution < -0.4 is 0 Å². The first-order valence-corrected chi connectivity index (χ1v) is 9.43. The monoisotopic (exact) mass is 363 g/mol. The number of hydrogen-bond acceptors (Lipinski definition) is 3. The quantitative estimate of drug-likeness (QED) is 0.766. The number of halogens is 1. The van der Waals surface area contributed by atoms with Gasteiger partial charge in [0.05, 0.1) is 6.61 Å². The van der Waals surface area contributed by atoms with Crippen molar-refractivity contribution >= 4 is 11.9 Å². The van der Waals surface area contributed by atoms with Crippen LogP contribution in [0.1, 0.15) is 60.9 Å². The standard InChI is InChI=1S/C20H26FNO4/c21-18-8-6-15(11-16(18)13-26-12-14-4-5-14)20(25)22-10-2-1-3-17(22)7-9-19(23)24/h6,8,11,14,17H,1-5,7,9-10,12-13H2,(H,23,24). The highest BCUT2D eigenvalue weighted by Gasteiger charge is 2.28. The normalized spacial score (nSPS) is 20.2. The Morgan fingerprint density at radius 1 is 1.23 bits per heavy atom. The van der Waals surface area contributed by atoms with E-state index in [1.165, 1.54) is 25.0 Å². The number of piperidine rings is 1.